The normalized spacial score (nSPS) is 10.9. The molecule has 2 aromatic heterocycles. The highest BCUT2D eigenvalue weighted by atomic mass is 32.1. The van der Waals surface area contributed by atoms with Crippen LogP contribution in [0.2, 0.25) is 0 Å². The number of oxazole rings is 1. The number of methoxy groups -OCH3 is 1. The molecular formula is C20H17N3O3S. The van der Waals surface area contributed by atoms with Gasteiger partial charge in [-0.1, -0.05) is 0 Å². The summed E-state index contributed by atoms with van der Waals surface area (Å²) in [6.07, 6.45) is 1.36. The first-order chi connectivity index (χ1) is 13.0. The van der Waals surface area contributed by atoms with E-state index in [1.54, 1.807) is 25.3 Å². The summed E-state index contributed by atoms with van der Waals surface area (Å²) in [5.41, 5.74) is 4.68. The first-order valence-corrected chi connectivity index (χ1v) is 9.14. The van der Waals surface area contributed by atoms with Crippen LogP contribution < -0.4 is 10.1 Å². The van der Waals surface area contributed by atoms with Crippen molar-refractivity contribution >= 4 is 33.5 Å². The molecule has 0 radical (unpaired) electrons. The van der Waals surface area contributed by atoms with Gasteiger partial charge in [-0.15, -0.1) is 11.3 Å². The van der Waals surface area contributed by atoms with Crippen LogP contribution in [0.4, 0.5) is 5.13 Å². The summed E-state index contributed by atoms with van der Waals surface area (Å²) >= 11 is 1.44. The van der Waals surface area contributed by atoms with Crippen LogP contribution >= 0.6 is 11.3 Å². The molecule has 0 fully saturated rings. The maximum absolute atomic E-state index is 12.6. The summed E-state index contributed by atoms with van der Waals surface area (Å²) < 4.78 is 10.5. The van der Waals surface area contributed by atoms with Crippen LogP contribution in [0.25, 0.3) is 22.4 Å². The van der Waals surface area contributed by atoms with Gasteiger partial charge in [-0.3, -0.25) is 10.1 Å². The standard InChI is InChI=1S/C20H17N3O3S/c1-11-8-13(4-6-16(11)25-3)18-12(2)27-20(22-18)23-19(24)14-5-7-17-15(9-14)21-10-26-17/h4-10H,1-3H3,(H,22,23,24). The highest BCUT2D eigenvalue weighted by Crippen LogP contribution is 2.33. The van der Waals surface area contributed by atoms with Gasteiger partial charge in [0.05, 0.1) is 12.8 Å². The Balaban J connectivity index is 1.59. The Morgan fingerprint density at radius 2 is 2.04 bits per heavy atom. The minimum absolute atomic E-state index is 0.230. The molecule has 0 bridgehead atoms. The van der Waals surface area contributed by atoms with Crippen molar-refractivity contribution in [2.75, 3.05) is 12.4 Å². The molecule has 136 valence electrons. The molecule has 0 saturated heterocycles. The van der Waals surface area contributed by atoms with Gasteiger partial charge in [0.2, 0.25) is 0 Å². The van der Waals surface area contributed by atoms with E-state index >= 15 is 0 Å². The molecule has 0 atom stereocenters. The summed E-state index contributed by atoms with van der Waals surface area (Å²) in [5, 5.41) is 3.43. The lowest BCUT2D eigenvalue weighted by molar-refractivity contribution is 0.102. The first kappa shape index (κ1) is 17.2. The number of carbonyl (C=O) groups is 1. The summed E-state index contributed by atoms with van der Waals surface area (Å²) in [6.45, 7) is 3.98. The third kappa shape index (κ3) is 3.29. The molecular weight excluding hydrogens is 362 g/mol. The van der Waals surface area contributed by atoms with Gasteiger partial charge < -0.3 is 9.15 Å². The molecule has 4 aromatic rings. The van der Waals surface area contributed by atoms with Crippen molar-refractivity contribution < 1.29 is 13.9 Å². The Kier molecular flexibility index (Phi) is 4.37. The largest absolute Gasteiger partial charge is 0.496 e. The molecule has 1 amide bonds. The van der Waals surface area contributed by atoms with Gasteiger partial charge in [0, 0.05) is 16.0 Å². The number of thiazole rings is 1. The molecule has 0 aliphatic carbocycles. The van der Waals surface area contributed by atoms with E-state index in [0.717, 1.165) is 27.4 Å². The maximum Gasteiger partial charge on any atom is 0.257 e. The van der Waals surface area contributed by atoms with Crippen LogP contribution in [0.15, 0.2) is 47.2 Å². The lowest BCUT2D eigenvalue weighted by atomic mass is 10.1. The molecule has 6 nitrogen and oxygen atoms in total. The lowest BCUT2D eigenvalue weighted by Gasteiger charge is -2.06. The zero-order valence-corrected chi connectivity index (χ0v) is 15.9. The molecule has 1 N–H and O–H groups in total. The van der Waals surface area contributed by atoms with Gasteiger partial charge in [0.1, 0.15) is 11.3 Å². The van der Waals surface area contributed by atoms with E-state index < -0.39 is 0 Å². The van der Waals surface area contributed by atoms with E-state index in [9.17, 15) is 4.79 Å². The Labute approximate surface area is 159 Å². The third-order valence-electron chi connectivity index (χ3n) is 4.28. The second-order valence-corrected chi connectivity index (χ2v) is 7.30. The van der Waals surface area contributed by atoms with Crippen molar-refractivity contribution in [3.05, 3.63) is 58.8 Å². The molecule has 2 aromatic carbocycles. The number of nitrogens with one attached hydrogen (secondary N) is 1. The van der Waals surface area contributed by atoms with Crippen LogP contribution in [0.1, 0.15) is 20.8 Å². The number of carbonyl (C=O) groups excluding carboxylic acids is 1. The van der Waals surface area contributed by atoms with Gasteiger partial charge in [-0.05, 0) is 55.8 Å². The van der Waals surface area contributed by atoms with Gasteiger partial charge in [-0.25, -0.2) is 9.97 Å². The number of anilines is 1. The Morgan fingerprint density at radius 3 is 2.81 bits per heavy atom. The zero-order chi connectivity index (χ0) is 19.0. The number of hydrogen-bond acceptors (Lipinski definition) is 6. The number of aryl methyl sites for hydroxylation is 2. The minimum Gasteiger partial charge on any atom is -0.496 e. The fourth-order valence-corrected chi connectivity index (χ4v) is 3.74. The first-order valence-electron chi connectivity index (χ1n) is 8.32. The van der Waals surface area contributed by atoms with E-state index in [2.05, 4.69) is 15.3 Å². The van der Waals surface area contributed by atoms with E-state index in [0.29, 0.717) is 21.8 Å². The van der Waals surface area contributed by atoms with Crippen molar-refractivity contribution in [3.8, 4) is 17.0 Å². The average Bonchev–Trinajstić information content (AvgIpc) is 3.27. The molecule has 7 heteroatoms. The van der Waals surface area contributed by atoms with Gasteiger partial charge in [-0.2, -0.15) is 0 Å². The second kappa shape index (κ2) is 6.85. The molecule has 4 rings (SSSR count). The molecule has 27 heavy (non-hydrogen) atoms. The fourth-order valence-electron chi connectivity index (χ4n) is 2.91. The number of aromatic nitrogens is 2. The summed E-state index contributed by atoms with van der Waals surface area (Å²) in [5.74, 6) is 0.606. The minimum atomic E-state index is -0.230. The molecule has 0 aliphatic heterocycles. The van der Waals surface area contributed by atoms with Crippen LogP contribution in [0, 0.1) is 13.8 Å². The van der Waals surface area contributed by atoms with Gasteiger partial charge in [0.15, 0.2) is 17.1 Å². The number of rotatable bonds is 4. The highest BCUT2D eigenvalue weighted by Gasteiger charge is 2.15. The summed E-state index contributed by atoms with van der Waals surface area (Å²) in [4.78, 5) is 22.3. The zero-order valence-electron chi connectivity index (χ0n) is 15.1. The monoisotopic (exact) mass is 379 g/mol. The van der Waals surface area contributed by atoms with Crippen molar-refractivity contribution in [2.24, 2.45) is 0 Å². The Hall–Kier alpha value is -3.19. The van der Waals surface area contributed by atoms with E-state index in [1.165, 1.54) is 17.7 Å². The Morgan fingerprint density at radius 1 is 1.19 bits per heavy atom. The van der Waals surface area contributed by atoms with Crippen LogP contribution in [0.3, 0.4) is 0 Å². The molecule has 0 unspecified atom stereocenters. The number of fused-ring (bicyclic) bond motifs is 1. The fraction of sp³-hybridized carbons (Fsp3) is 0.150. The van der Waals surface area contributed by atoms with Crippen molar-refractivity contribution in [1.82, 2.24) is 9.97 Å². The number of amides is 1. The van der Waals surface area contributed by atoms with E-state index in [-0.39, 0.29) is 5.91 Å². The third-order valence-corrected chi connectivity index (χ3v) is 5.16. The number of nitrogens with zero attached hydrogens (tertiary/aromatic N) is 2. The lowest BCUT2D eigenvalue weighted by Crippen LogP contribution is -2.11. The molecule has 0 saturated carbocycles. The predicted octanol–water partition coefficient (Wildman–Crippen LogP) is 4.83. The predicted molar refractivity (Wildman–Crippen MR) is 106 cm³/mol. The Bertz CT molecular complexity index is 1150. The second-order valence-electron chi connectivity index (χ2n) is 6.10. The van der Waals surface area contributed by atoms with Crippen LogP contribution in [0.5, 0.6) is 5.75 Å². The quantitative estimate of drug-likeness (QED) is 0.549. The molecule has 0 spiro atoms. The van der Waals surface area contributed by atoms with Gasteiger partial charge in [0.25, 0.3) is 5.91 Å². The van der Waals surface area contributed by atoms with E-state index in [4.69, 9.17) is 9.15 Å². The maximum atomic E-state index is 12.6. The number of ether oxygens (including phenoxy) is 1. The molecule has 0 aliphatic rings. The number of benzene rings is 2. The van der Waals surface area contributed by atoms with Crippen molar-refractivity contribution in [3.63, 3.8) is 0 Å². The number of hydrogen-bond donors (Lipinski definition) is 1. The SMILES string of the molecule is COc1ccc(-c2nc(NC(=O)c3ccc4ocnc4c3)sc2C)cc1C. The molecule has 2 heterocycles. The average molecular weight is 379 g/mol. The van der Waals surface area contributed by atoms with Crippen LogP contribution in [-0.2, 0) is 0 Å². The summed E-state index contributed by atoms with van der Waals surface area (Å²) in [6, 6.07) is 11.1. The summed E-state index contributed by atoms with van der Waals surface area (Å²) in [7, 11) is 1.65. The van der Waals surface area contributed by atoms with E-state index in [1.807, 2.05) is 32.0 Å². The topological polar surface area (TPSA) is 77.2 Å². The van der Waals surface area contributed by atoms with Crippen molar-refractivity contribution in [1.29, 1.82) is 0 Å². The van der Waals surface area contributed by atoms with Gasteiger partial charge >= 0.3 is 0 Å². The van der Waals surface area contributed by atoms with Crippen molar-refractivity contribution in [2.45, 2.75) is 13.8 Å². The van der Waals surface area contributed by atoms with Crippen LogP contribution in [-0.4, -0.2) is 23.0 Å². The highest BCUT2D eigenvalue weighted by molar-refractivity contribution is 7.16. The smallest absolute Gasteiger partial charge is 0.257 e.